The number of alkyl halides is 3. The molecular weight excluding hydrogens is 386 g/mol. The van der Waals surface area contributed by atoms with Crippen molar-refractivity contribution >= 4 is 40.4 Å². The molecule has 26 heavy (non-hydrogen) atoms. The Morgan fingerprint density at radius 3 is 2.46 bits per heavy atom. The molecule has 0 aliphatic carbocycles. The van der Waals surface area contributed by atoms with E-state index in [9.17, 15) is 18.0 Å². The molecule has 0 fully saturated rings. The van der Waals surface area contributed by atoms with Crippen LogP contribution in [0.25, 0.3) is 10.9 Å². The first-order valence-electron chi connectivity index (χ1n) is 7.71. The van der Waals surface area contributed by atoms with Crippen molar-refractivity contribution < 1.29 is 18.0 Å². The zero-order chi connectivity index (χ0) is 19.2. The van der Waals surface area contributed by atoms with Crippen LogP contribution in [-0.4, -0.2) is 10.9 Å². The minimum atomic E-state index is -4.41. The Morgan fingerprint density at radius 1 is 1.15 bits per heavy atom. The van der Waals surface area contributed by atoms with Gasteiger partial charge in [-0.05, 0) is 48.4 Å². The van der Waals surface area contributed by atoms with Crippen LogP contribution in [-0.2, 0) is 19.6 Å². The predicted octanol–water partition coefficient (Wildman–Crippen LogP) is 6.22. The van der Waals surface area contributed by atoms with Crippen molar-refractivity contribution in [3.05, 3.63) is 68.3 Å². The number of carbonyl (C=O) groups is 1. The van der Waals surface area contributed by atoms with E-state index in [1.54, 1.807) is 17.7 Å². The van der Waals surface area contributed by atoms with E-state index in [2.05, 4.69) is 0 Å². The van der Waals surface area contributed by atoms with Crippen molar-refractivity contribution in [2.45, 2.75) is 19.5 Å². The highest BCUT2D eigenvalue weighted by Crippen LogP contribution is 2.36. The number of hydrogen-bond acceptors (Lipinski definition) is 1. The molecule has 136 valence electrons. The summed E-state index contributed by atoms with van der Waals surface area (Å²) in [7, 11) is 1.69. The van der Waals surface area contributed by atoms with Crippen molar-refractivity contribution in [1.29, 1.82) is 0 Å². The van der Waals surface area contributed by atoms with Gasteiger partial charge in [0.2, 0.25) is 0 Å². The summed E-state index contributed by atoms with van der Waals surface area (Å²) in [5, 5.41) is 1.36. The molecule has 0 spiro atoms. The summed E-state index contributed by atoms with van der Waals surface area (Å²) in [5.41, 5.74) is 1.61. The summed E-state index contributed by atoms with van der Waals surface area (Å²) in [6, 6.07) is 7.59. The van der Waals surface area contributed by atoms with Gasteiger partial charge < -0.3 is 4.57 Å². The van der Waals surface area contributed by atoms with Crippen molar-refractivity contribution in [2.75, 3.05) is 0 Å². The molecular formula is C19H14Cl2F3NO. The van der Waals surface area contributed by atoms with Crippen LogP contribution in [0.15, 0.2) is 30.3 Å². The summed E-state index contributed by atoms with van der Waals surface area (Å²) >= 11 is 12.5. The van der Waals surface area contributed by atoms with E-state index < -0.39 is 11.7 Å². The molecule has 7 heteroatoms. The fourth-order valence-electron chi connectivity index (χ4n) is 3.08. The molecule has 0 bridgehead atoms. The van der Waals surface area contributed by atoms with Gasteiger partial charge in [-0.1, -0.05) is 23.2 Å². The zero-order valence-electron chi connectivity index (χ0n) is 13.9. The number of halogens is 5. The van der Waals surface area contributed by atoms with Gasteiger partial charge in [-0.2, -0.15) is 13.2 Å². The number of rotatable bonds is 3. The Balaban J connectivity index is 2.13. The third-order valence-electron chi connectivity index (χ3n) is 4.49. The number of carbonyl (C=O) groups excluding carboxylic acids is 1. The van der Waals surface area contributed by atoms with E-state index in [-0.39, 0.29) is 10.6 Å². The van der Waals surface area contributed by atoms with E-state index in [0.717, 1.165) is 11.8 Å². The van der Waals surface area contributed by atoms with Crippen molar-refractivity contribution in [3.8, 4) is 0 Å². The maximum Gasteiger partial charge on any atom is 0.416 e. The van der Waals surface area contributed by atoms with Crippen LogP contribution in [0.1, 0.15) is 32.7 Å². The maximum absolute atomic E-state index is 13.2. The molecule has 0 amide bonds. The fourth-order valence-corrected chi connectivity index (χ4v) is 3.63. The molecule has 0 saturated heterocycles. The summed E-state index contributed by atoms with van der Waals surface area (Å²) in [6.07, 6.45) is -3.47. The maximum atomic E-state index is 13.2. The molecule has 2 aromatic carbocycles. The van der Waals surface area contributed by atoms with Crippen LogP contribution in [0.5, 0.6) is 0 Å². The van der Waals surface area contributed by atoms with Crippen molar-refractivity contribution in [1.82, 2.24) is 4.57 Å². The molecule has 1 heterocycles. The number of hydrogen-bond donors (Lipinski definition) is 0. The number of aromatic nitrogens is 1. The lowest BCUT2D eigenvalue weighted by molar-refractivity contribution is -0.137. The number of aldehydes is 1. The summed E-state index contributed by atoms with van der Waals surface area (Å²) < 4.78 is 41.2. The first kappa shape index (κ1) is 18.8. The number of fused-ring (bicyclic) bond motifs is 1. The monoisotopic (exact) mass is 399 g/mol. The Labute approximate surface area is 158 Å². The number of aryl methyl sites for hydroxylation is 2. The molecule has 0 radical (unpaired) electrons. The molecule has 1 aromatic heterocycles. The Morgan fingerprint density at radius 2 is 1.85 bits per heavy atom. The molecule has 0 saturated carbocycles. The summed E-state index contributed by atoms with van der Waals surface area (Å²) in [6.45, 7) is 1.44. The van der Waals surface area contributed by atoms with Gasteiger partial charge in [0.15, 0.2) is 6.29 Å². The van der Waals surface area contributed by atoms with E-state index >= 15 is 0 Å². The standard InChI is InChI=1S/C19H14Cl2F3NO/c1-10-5-12-6-13(25(2)17(12)8-15(10)19(22,23)24)7-14-16(20)4-3-11(9-26)18(14)21/h3-6,8-9H,7H2,1-2H3. The number of nitrogens with zero attached hydrogens (tertiary/aromatic N) is 1. The number of benzene rings is 2. The van der Waals surface area contributed by atoms with Gasteiger partial charge in [-0.3, -0.25) is 4.79 Å². The van der Waals surface area contributed by atoms with Crippen LogP contribution in [0.3, 0.4) is 0 Å². The first-order chi connectivity index (χ1) is 12.1. The minimum Gasteiger partial charge on any atom is -0.347 e. The van der Waals surface area contributed by atoms with E-state index in [1.807, 2.05) is 6.07 Å². The smallest absolute Gasteiger partial charge is 0.347 e. The van der Waals surface area contributed by atoms with E-state index in [1.165, 1.54) is 19.1 Å². The van der Waals surface area contributed by atoms with Crippen LogP contribution >= 0.6 is 23.2 Å². The highest BCUT2D eigenvalue weighted by atomic mass is 35.5. The Hall–Kier alpha value is -1.98. The van der Waals surface area contributed by atoms with Crippen LogP contribution in [0.4, 0.5) is 13.2 Å². The Bertz CT molecular complexity index is 1020. The molecule has 3 rings (SSSR count). The highest BCUT2D eigenvalue weighted by Gasteiger charge is 2.33. The van der Waals surface area contributed by atoms with Crippen LogP contribution in [0.2, 0.25) is 10.0 Å². The third kappa shape index (κ3) is 3.21. The average Bonchev–Trinajstić information content (AvgIpc) is 2.85. The quantitative estimate of drug-likeness (QED) is 0.479. The largest absolute Gasteiger partial charge is 0.416 e. The van der Waals surface area contributed by atoms with Crippen LogP contribution < -0.4 is 0 Å². The van der Waals surface area contributed by atoms with Gasteiger partial charge in [0.05, 0.1) is 10.6 Å². The van der Waals surface area contributed by atoms with Gasteiger partial charge in [0.25, 0.3) is 0 Å². The highest BCUT2D eigenvalue weighted by molar-refractivity contribution is 6.37. The lowest BCUT2D eigenvalue weighted by Gasteiger charge is -2.12. The minimum absolute atomic E-state index is 0.168. The molecule has 0 N–H and O–H groups in total. The van der Waals surface area contributed by atoms with Gasteiger partial charge >= 0.3 is 6.18 Å². The van der Waals surface area contributed by atoms with Gasteiger partial charge in [-0.25, -0.2) is 0 Å². The lowest BCUT2D eigenvalue weighted by Crippen LogP contribution is -2.07. The second kappa shape index (κ2) is 6.63. The van der Waals surface area contributed by atoms with Gasteiger partial charge in [0, 0.05) is 40.7 Å². The summed E-state index contributed by atoms with van der Waals surface area (Å²) in [4.78, 5) is 11.1. The molecule has 0 atom stereocenters. The Kier molecular flexibility index (Phi) is 4.80. The molecule has 3 aromatic rings. The molecule has 0 aliphatic heterocycles. The van der Waals surface area contributed by atoms with E-state index in [0.29, 0.717) is 39.8 Å². The average molecular weight is 400 g/mol. The SMILES string of the molecule is Cc1cc2cc(Cc3c(Cl)ccc(C=O)c3Cl)n(C)c2cc1C(F)(F)F. The zero-order valence-corrected chi connectivity index (χ0v) is 15.4. The third-order valence-corrected chi connectivity index (χ3v) is 5.29. The molecule has 0 aliphatic rings. The van der Waals surface area contributed by atoms with Crippen molar-refractivity contribution in [2.24, 2.45) is 7.05 Å². The first-order valence-corrected chi connectivity index (χ1v) is 8.47. The normalized spacial score (nSPS) is 12.0. The summed E-state index contributed by atoms with van der Waals surface area (Å²) in [5.74, 6) is 0. The lowest BCUT2D eigenvalue weighted by atomic mass is 10.0. The van der Waals surface area contributed by atoms with Gasteiger partial charge in [-0.15, -0.1) is 0 Å². The second-order valence-corrected chi connectivity index (χ2v) is 6.93. The predicted molar refractivity (Wildman–Crippen MR) is 97.3 cm³/mol. The van der Waals surface area contributed by atoms with E-state index in [4.69, 9.17) is 23.2 Å². The van der Waals surface area contributed by atoms with Gasteiger partial charge in [0.1, 0.15) is 0 Å². The molecule has 0 unspecified atom stereocenters. The topological polar surface area (TPSA) is 22.0 Å². The fraction of sp³-hybridized carbons (Fsp3) is 0.211. The van der Waals surface area contributed by atoms with Crippen LogP contribution in [0, 0.1) is 6.92 Å². The molecule has 2 nitrogen and oxygen atoms in total. The second-order valence-electron chi connectivity index (χ2n) is 6.14. The van der Waals surface area contributed by atoms with Crippen molar-refractivity contribution in [3.63, 3.8) is 0 Å².